The molecule has 0 aliphatic heterocycles. The van der Waals surface area contributed by atoms with Crippen LogP contribution in [0, 0.1) is 12.3 Å². The average Bonchev–Trinajstić information content (AvgIpc) is 2.70. The number of amides is 1. The molecule has 1 amide bonds. The molecule has 2 atom stereocenters. The first-order chi connectivity index (χ1) is 13.6. The zero-order valence-electron chi connectivity index (χ0n) is 16.8. The lowest BCUT2D eigenvalue weighted by Gasteiger charge is -2.40. The Labute approximate surface area is 169 Å². The number of alkyl halides is 2. The van der Waals surface area contributed by atoms with Crippen LogP contribution in [-0.4, -0.2) is 28.2 Å². The Morgan fingerprint density at radius 2 is 1.79 bits per heavy atom. The number of hydrogen-bond donors (Lipinski definition) is 3. The number of aryl methyl sites for hydroxylation is 1. The van der Waals surface area contributed by atoms with Gasteiger partial charge in [0.2, 0.25) is 0 Å². The minimum absolute atomic E-state index is 0.0609. The van der Waals surface area contributed by atoms with Crippen molar-refractivity contribution in [1.29, 1.82) is 0 Å². The molecule has 0 aliphatic rings. The van der Waals surface area contributed by atoms with Gasteiger partial charge in [-0.05, 0) is 50.3 Å². The summed E-state index contributed by atoms with van der Waals surface area (Å²) in [5.41, 5.74) is 1.28. The Balaban J connectivity index is 2.07. The topological polar surface area (TPSA) is 69.6 Å². The monoisotopic (exact) mass is 403 g/mol. The summed E-state index contributed by atoms with van der Waals surface area (Å²) in [5.74, 6) is -1.04. The van der Waals surface area contributed by atoms with Gasteiger partial charge in [0.1, 0.15) is 5.60 Å². The van der Waals surface area contributed by atoms with E-state index in [1.54, 1.807) is 6.08 Å². The minimum atomic E-state index is -3.14. The van der Waals surface area contributed by atoms with Gasteiger partial charge in [-0.15, -0.1) is 0 Å². The van der Waals surface area contributed by atoms with E-state index in [9.17, 15) is 18.7 Å². The van der Waals surface area contributed by atoms with Crippen LogP contribution in [0.25, 0.3) is 17.2 Å². The van der Waals surface area contributed by atoms with Gasteiger partial charge in [-0.1, -0.05) is 66.2 Å². The second kappa shape index (κ2) is 9.29. The van der Waals surface area contributed by atoms with E-state index < -0.39 is 23.3 Å². The minimum Gasteiger partial charge on any atom is -0.383 e. The average molecular weight is 403 g/mol. The van der Waals surface area contributed by atoms with Crippen molar-refractivity contribution < 1.29 is 23.9 Å². The van der Waals surface area contributed by atoms with Crippen LogP contribution in [0.2, 0.25) is 0 Å². The molecule has 29 heavy (non-hydrogen) atoms. The molecule has 0 aromatic heterocycles. The molecule has 2 aromatic rings. The summed E-state index contributed by atoms with van der Waals surface area (Å²) < 4.78 is 26.5. The number of hydroxylamine groups is 1. The molecule has 0 fully saturated rings. The summed E-state index contributed by atoms with van der Waals surface area (Å²) in [6, 6.07) is 16.1. The molecule has 0 aliphatic carbocycles. The first kappa shape index (κ1) is 22.7. The second-order valence-corrected chi connectivity index (χ2v) is 7.65. The van der Waals surface area contributed by atoms with Crippen LogP contribution in [0.15, 0.2) is 54.6 Å². The summed E-state index contributed by atoms with van der Waals surface area (Å²) in [4.78, 5) is 12.0. The standard InChI is InChI=1S/C23H27F2NO3/c1-16-7-6-9-19(15-16)18-12-10-17(11-13-18)8-4-5-14-22(2,21(27)26-29)23(3,28)20(24)25/h4,6-13,15,20,28-29H,5,14H2,1-3H3,(H,26,27)/b8-4+/t22-,23-/m1/s1. The van der Waals surface area contributed by atoms with Crippen molar-refractivity contribution in [2.24, 2.45) is 5.41 Å². The highest BCUT2D eigenvalue weighted by atomic mass is 19.3. The maximum atomic E-state index is 13.3. The molecule has 2 rings (SSSR count). The van der Waals surface area contributed by atoms with E-state index in [0.717, 1.165) is 23.6 Å². The zero-order valence-corrected chi connectivity index (χ0v) is 16.8. The van der Waals surface area contributed by atoms with Crippen molar-refractivity contribution in [3.05, 3.63) is 65.7 Å². The number of hydrogen-bond acceptors (Lipinski definition) is 3. The van der Waals surface area contributed by atoms with Crippen LogP contribution in [0.5, 0.6) is 0 Å². The third kappa shape index (κ3) is 5.08. The molecular formula is C23H27F2NO3. The highest BCUT2D eigenvalue weighted by Crippen LogP contribution is 2.40. The van der Waals surface area contributed by atoms with E-state index in [4.69, 9.17) is 5.21 Å². The van der Waals surface area contributed by atoms with Gasteiger partial charge >= 0.3 is 0 Å². The molecule has 0 saturated carbocycles. The largest absolute Gasteiger partial charge is 0.383 e. The van der Waals surface area contributed by atoms with Gasteiger partial charge in [0.15, 0.2) is 0 Å². The Morgan fingerprint density at radius 3 is 2.34 bits per heavy atom. The van der Waals surface area contributed by atoms with Crippen molar-refractivity contribution in [1.82, 2.24) is 5.48 Å². The van der Waals surface area contributed by atoms with Crippen molar-refractivity contribution in [3.63, 3.8) is 0 Å². The fourth-order valence-electron chi connectivity index (χ4n) is 3.16. The van der Waals surface area contributed by atoms with Crippen LogP contribution in [-0.2, 0) is 4.79 Å². The first-order valence-electron chi connectivity index (χ1n) is 9.40. The van der Waals surface area contributed by atoms with Gasteiger partial charge in [0.05, 0.1) is 5.41 Å². The van der Waals surface area contributed by atoms with E-state index >= 15 is 0 Å². The van der Waals surface area contributed by atoms with E-state index in [-0.39, 0.29) is 12.8 Å². The maximum absolute atomic E-state index is 13.3. The Morgan fingerprint density at radius 1 is 1.14 bits per heavy atom. The van der Waals surface area contributed by atoms with E-state index in [2.05, 4.69) is 6.07 Å². The number of aliphatic hydroxyl groups is 1. The van der Waals surface area contributed by atoms with E-state index in [1.807, 2.05) is 55.5 Å². The molecule has 0 radical (unpaired) electrons. The van der Waals surface area contributed by atoms with Gasteiger partial charge in [-0.25, -0.2) is 14.3 Å². The lowest BCUT2D eigenvalue weighted by atomic mass is 9.70. The fraction of sp³-hybridized carbons (Fsp3) is 0.348. The second-order valence-electron chi connectivity index (χ2n) is 7.65. The number of nitrogens with one attached hydrogen (secondary N) is 1. The third-order valence-electron chi connectivity index (χ3n) is 5.53. The Kier molecular flexibility index (Phi) is 7.27. The fourth-order valence-corrected chi connectivity index (χ4v) is 3.16. The number of carbonyl (C=O) groups excluding carboxylic acids is 1. The molecule has 0 bridgehead atoms. The lowest BCUT2D eigenvalue weighted by Crippen LogP contribution is -2.57. The molecular weight excluding hydrogens is 376 g/mol. The molecule has 0 spiro atoms. The number of benzene rings is 2. The van der Waals surface area contributed by atoms with Crippen molar-refractivity contribution in [2.45, 2.75) is 45.6 Å². The van der Waals surface area contributed by atoms with E-state index in [1.165, 1.54) is 18.0 Å². The van der Waals surface area contributed by atoms with Crippen molar-refractivity contribution in [3.8, 4) is 11.1 Å². The number of carbonyl (C=O) groups is 1. The molecule has 0 unspecified atom stereocenters. The summed E-state index contributed by atoms with van der Waals surface area (Å²) in [6.07, 6.45) is 0.657. The zero-order chi connectivity index (χ0) is 21.7. The predicted octanol–water partition coefficient (Wildman–Crippen LogP) is 4.98. The van der Waals surface area contributed by atoms with Gasteiger partial charge in [-0.2, -0.15) is 0 Å². The van der Waals surface area contributed by atoms with Gasteiger partial charge in [-0.3, -0.25) is 10.0 Å². The van der Waals surface area contributed by atoms with Crippen molar-refractivity contribution >= 4 is 12.0 Å². The Hall–Kier alpha value is -2.57. The van der Waals surface area contributed by atoms with Crippen LogP contribution in [0.4, 0.5) is 8.78 Å². The van der Waals surface area contributed by atoms with Crippen LogP contribution in [0.3, 0.4) is 0 Å². The maximum Gasteiger partial charge on any atom is 0.267 e. The molecule has 0 heterocycles. The highest BCUT2D eigenvalue weighted by molar-refractivity contribution is 5.82. The smallest absolute Gasteiger partial charge is 0.267 e. The van der Waals surface area contributed by atoms with Crippen molar-refractivity contribution in [2.75, 3.05) is 0 Å². The lowest BCUT2D eigenvalue weighted by molar-refractivity contribution is -0.182. The summed E-state index contributed by atoms with van der Waals surface area (Å²) in [7, 11) is 0. The SMILES string of the molecule is Cc1cccc(-c2ccc(/C=C/CC[C@](C)(C(=O)NO)[C@](C)(O)C(F)F)cc2)c1. The normalized spacial score (nSPS) is 15.9. The molecule has 2 aromatic carbocycles. The first-order valence-corrected chi connectivity index (χ1v) is 9.40. The summed E-state index contributed by atoms with van der Waals surface area (Å²) >= 11 is 0. The van der Waals surface area contributed by atoms with Gasteiger partial charge < -0.3 is 5.11 Å². The number of halogens is 2. The number of allylic oxidation sites excluding steroid dienone is 1. The predicted molar refractivity (Wildman–Crippen MR) is 110 cm³/mol. The molecule has 3 N–H and O–H groups in total. The summed E-state index contributed by atoms with van der Waals surface area (Å²) in [6.45, 7) is 4.16. The van der Waals surface area contributed by atoms with Gasteiger partial charge in [0.25, 0.3) is 12.3 Å². The molecule has 4 nitrogen and oxygen atoms in total. The number of rotatable bonds is 8. The van der Waals surface area contributed by atoms with Gasteiger partial charge in [0, 0.05) is 0 Å². The highest BCUT2D eigenvalue weighted by Gasteiger charge is 2.54. The van der Waals surface area contributed by atoms with Crippen LogP contribution in [0.1, 0.15) is 37.8 Å². The Bertz CT molecular complexity index is 863. The summed E-state index contributed by atoms with van der Waals surface area (Å²) in [5, 5.41) is 19.1. The quantitative estimate of drug-likeness (QED) is 0.430. The van der Waals surface area contributed by atoms with Crippen LogP contribution < -0.4 is 5.48 Å². The molecule has 156 valence electrons. The molecule has 6 heteroatoms. The third-order valence-corrected chi connectivity index (χ3v) is 5.53. The molecule has 0 saturated heterocycles. The van der Waals surface area contributed by atoms with Crippen LogP contribution >= 0.6 is 0 Å². The van der Waals surface area contributed by atoms with E-state index in [0.29, 0.717) is 0 Å².